The first-order valence-corrected chi connectivity index (χ1v) is 5.83. The van der Waals surface area contributed by atoms with Crippen LogP contribution in [0.4, 0.5) is 0 Å². The van der Waals surface area contributed by atoms with E-state index in [4.69, 9.17) is 10.2 Å². The number of aliphatic hydroxyl groups excluding tert-OH is 1. The monoisotopic (exact) mass is 247 g/mol. The molecule has 1 aliphatic rings. The molecule has 0 fully saturated rings. The molecule has 2 heterocycles. The molecule has 2 aromatic rings. The highest BCUT2D eigenvalue weighted by Crippen LogP contribution is 2.33. The molecule has 1 aromatic carbocycles. The minimum absolute atomic E-state index is 0.140. The van der Waals surface area contributed by atoms with Crippen molar-refractivity contribution in [1.29, 1.82) is 0 Å². The number of aromatic nitrogens is 1. The minimum atomic E-state index is -0.757. The van der Waals surface area contributed by atoms with E-state index in [0.717, 1.165) is 5.56 Å². The Morgan fingerprint density at radius 3 is 2.33 bits per heavy atom. The normalized spacial score (nSPS) is 12.0. The SMILES string of the molecule is CC(C)(C)C(=O)O.OCc1cn2c3cc-2ccc13. The van der Waals surface area contributed by atoms with Crippen molar-refractivity contribution in [3.8, 4) is 5.69 Å². The fourth-order valence-electron chi connectivity index (χ4n) is 1.71. The molecule has 3 rings (SSSR count). The Bertz CT molecular complexity index is 605. The Balaban J connectivity index is 0.000000152. The van der Waals surface area contributed by atoms with Gasteiger partial charge in [-0.05, 0) is 32.9 Å². The van der Waals surface area contributed by atoms with E-state index in [9.17, 15) is 4.79 Å². The highest BCUT2D eigenvalue weighted by atomic mass is 16.4. The molecule has 18 heavy (non-hydrogen) atoms. The molecule has 1 aliphatic heterocycles. The summed E-state index contributed by atoms with van der Waals surface area (Å²) in [5.74, 6) is -0.757. The Kier molecular flexibility index (Phi) is 2.91. The molecule has 4 heteroatoms. The standard InChI is InChI=1S/C9H7NO.C5H10O2/c11-5-6-4-10-7-1-2-8(6)9(10)3-7;1-5(2,3)4(6)7/h1-4,11H,5H2;1-3H3,(H,6,7). The van der Waals surface area contributed by atoms with Crippen LogP contribution in [0.25, 0.3) is 16.6 Å². The van der Waals surface area contributed by atoms with Crippen LogP contribution in [0.2, 0.25) is 0 Å². The first-order valence-electron chi connectivity index (χ1n) is 5.83. The van der Waals surface area contributed by atoms with Crippen molar-refractivity contribution in [2.45, 2.75) is 27.4 Å². The van der Waals surface area contributed by atoms with Gasteiger partial charge in [0.2, 0.25) is 0 Å². The molecule has 2 bridgehead atoms. The molecule has 96 valence electrons. The van der Waals surface area contributed by atoms with E-state index in [-0.39, 0.29) is 6.61 Å². The Hall–Kier alpha value is -1.81. The molecule has 0 radical (unpaired) electrons. The summed E-state index contributed by atoms with van der Waals surface area (Å²) < 4.78 is 2.11. The molecule has 0 atom stereocenters. The fraction of sp³-hybridized carbons (Fsp3) is 0.357. The van der Waals surface area contributed by atoms with Crippen molar-refractivity contribution in [3.63, 3.8) is 0 Å². The number of aliphatic carboxylic acids is 1. The van der Waals surface area contributed by atoms with Crippen LogP contribution in [0.1, 0.15) is 26.3 Å². The van der Waals surface area contributed by atoms with Crippen molar-refractivity contribution < 1.29 is 15.0 Å². The molecule has 0 saturated heterocycles. The number of benzene rings is 1. The van der Waals surface area contributed by atoms with E-state index < -0.39 is 11.4 Å². The third kappa shape index (κ3) is 1.99. The predicted molar refractivity (Wildman–Crippen MR) is 69.8 cm³/mol. The van der Waals surface area contributed by atoms with E-state index in [1.54, 1.807) is 20.8 Å². The highest BCUT2D eigenvalue weighted by molar-refractivity contribution is 5.92. The van der Waals surface area contributed by atoms with Crippen LogP contribution in [0.15, 0.2) is 24.4 Å². The smallest absolute Gasteiger partial charge is 0.308 e. The van der Waals surface area contributed by atoms with E-state index >= 15 is 0 Å². The van der Waals surface area contributed by atoms with Gasteiger partial charge in [-0.3, -0.25) is 4.79 Å². The van der Waals surface area contributed by atoms with Gasteiger partial charge in [-0.15, -0.1) is 0 Å². The zero-order valence-corrected chi connectivity index (χ0v) is 10.8. The molecule has 0 unspecified atom stereocenters. The minimum Gasteiger partial charge on any atom is -0.481 e. The van der Waals surface area contributed by atoms with Gasteiger partial charge in [0.15, 0.2) is 0 Å². The summed E-state index contributed by atoms with van der Waals surface area (Å²) >= 11 is 0. The molecule has 0 saturated carbocycles. The number of carboxylic acid groups (broad SMARTS) is 1. The Morgan fingerprint density at radius 2 is 1.94 bits per heavy atom. The van der Waals surface area contributed by atoms with Crippen molar-refractivity contribution in [2.24, 2.45) is 5.41 Å². The number of carboxylic acids is 1. The van der Waals surface area contributed by atoms with Gasteiger partial charge in [-0.25, -0.2) is 0 Å². The van der Waals surface area contributed by atoms with Gasteiger partial charge in [-0.2, -0.15) is 0 Å². The number of carbonyl (C=O) groups is 1. The van der Waals surface area contributed by atoms with Crippen molar-refractivity contribution in [1.82, 2.24) is 4.57 Å². The van der Waals surface area contributed by atoms with E-state index in [2.05, 4.69) is 22.8 Å². The first-order chi connectivity index (χ1) is 8.34. The third-order valence-electron chi connectivity index (χ3n) is 2.96. The largest absolute Gasteiger partial charge is 0.481 e. The van der Waals surface area contributed by atoms with Crippen LogP contribution < -0.4 is 0 Å². The molecular weight excluding hydrogens is 230 g/mol. The van der Waals surface area contributed by atoms with Gasteiger partial charge in [-0.1, -0.05) is 6.07 Å². The number of hydrogen-bond acceptors (Lipinski definition) is 2. The fourth-order valence-corrected chi connectivity index (χ4v) is 1.71. The number of fused-ring (bicyclic) bond motifs is 2. The molecule has 4 nitrogen and oxygen atoms in total. The summed E-state index contributed by atoms with van der Waals surface area (Å²) in [5, 5.41) is 18.4. The van der Waals surface area contributed by atoms with Gasteiger partial charge >= 0.3 is 5.97 Å². The zero-order valence-electron chi connectivity index (χ0n) is 10.8. The van der Waals surface area contributed by atoms with E-state index in [1.807, 2.05) is 6.20 Å². The van der Waals surface area contributed by atoms with Crippen LogP contribution in [0.5, 0.6) is 0 Å². The average molecular weight is 247 g/mol. The van der Waals surface area contributed by atoms with Crippen molar-refractivity contribution in [2.75, 3.05) is 0 Å². The van der Waals surface area contributed by atoms with E-state index in [0.29, 0.717) is 0 Å². The second-order valence-electron chi connectivity index (χ2n) is 5.44. The lowest BCUT2D eigenvalue weighted by Gasteiger charge is -2.13. The third-order valence-corrected chi connectivity index (χ3v) is 2.96. The van der Waals surface area contributed by atoms with Gasteiger partial charge in [0.1, 0.15) is 0 Å². The lowest BCUT2D eigenvalue weighted by molar-refractivity contribution is -0.145. The topological polar surface area (TPSA) is 62.5 Å². The second-order valence-corrected chi connectivity index (χ2v) is 5.44. The second kappa shape index (κ2) is 4.14. The van der Waals surface area contributed by atoms with Crippen molar-refractivity contribution >= 4 is 16.9 Å². The first kappa shape index (κ1) is 12.6. The number of rotatable bonds is 1. The number of hydrogen-bond donors (Lipinski definition) is 2. The highest BCUT2D eigenvalue weighted by Gasteiger charge is 2.18. The molecule has 2 N–H and O–H groups in total. The Morgan fingerprint density at radius 1 is 1.33 bits per heavy atom. The maximum atomic E-state index is 10.0. The summed E-state index contributed by atoms with van der Waals surface area (Å²) in [5.41, 5.74) is 2.92. The number of pyridine rings is 1. The van der Waals surface area contributed by atoms with Crippen LogP contribution in [0, 0.1) is 5.41 Å². The quantitative estimate of drug-likeness (QED) is 0.694. The zero-order chi connectivity index (χ0) is 13.5. The average Bonchev–Trinajstić information content (AvgIpc) is 2.46. The summed E-state index contributed by atoms with van der Waals surface area (Å²) in [4.78, 5) is 10.0. The van der Waals surface area contributed by atoms with Gasteiger partial charge in [0, 0.05) is 22.8 Å². The van der Waals surface area contributed by atoms with Gasteiger partial charge in [0.05, 0.1) is 17.5 Å². The van der Waals surface area contributed by atoms with Crippen molar-refractivity contribution in [3.05, 3.63) is 30.0 Å². The maximum Gasteiger partial charge on any atom is 0.308 e. The van der Waals surface area contributed by atoms with Gasteiger partial charge in [0.25, 0.3) is 0 Å². The predicted octanol–water partition coefficient (Wildman–Crippen LogP) is 2.55. The molecule has 0 spiro atoms. The summed E-state index contributed by atoms with van der Waals surface area (Å²) in [7, 11) is 0. The lowest BCUT2D eigenvalue weighted by Crippen LogP contribution is -2.18. The maximum absolute atomic E-state index is 10.0. The van der Waals surface area contributed by atoms with Crippen LogP contribution in [-0.2, 0) is 11.4 Å². The molecule has 0 aliphatic carbocycles. The van der Waals surface area contributed by atoms with Crippen LogP contribution in [0.3, 0.4) is 0 Å². The van der Waals surface area contributed by atoms with E-state index in [1.165, 1.54) is 16.6 Å². The number of aliphatic hydroxyl groups is 1. The summed E-state index contributed by atoms with van der Waals surface area (Å²) in [6, 6.07) is 6.27. The Labute approximate surface area is 105 Å². The molecule has 1 aromatic heterocycles. The summed E-state index contributed by atoms with van der Waals surface area (Å²) in [6.07, 6.45) is 2.00. The van der Waals surface area contributed by atoms with Crippen LogP contribution >= 0.6 is 0 Å². The number of nitrogens with zero attached hydrogens (tertiary/aromatic N) is 1. The lowest BCUT2D eigenvalue weighted by atomic mass is 9.98. The molecular formula is C14H17NO3. The summed E-state index contributed by atoms with van der Waals surface area (Å²) in [6.45, 7) is 5.13. The van der Waals surface area contributed by atoms with Gasteiger partial charge < -0.3 is 14.8 Å². The molecule has 0 amide bonds. The van der Waals surface area contributed by atoms with Crippen LogP contribution in [-0.4, -0.2) is 20.7 Å².